The number of rotatable bonds is 5. The molecule has 20 heavy (non-hydrogen) atoms. The summed E-state index contributed by atoms with van der Waals surface area (Å²) in [4.78, 5) is 16.2. The summed E-state index contributed by atoms with van der Waals surface area (Å²) in [6.45, 7) is 5.62. The van der Waals surface area contributed by atoms with Crippen molar-refractivity contribution in [2.45, 2.75) is 45.1 Å². The Hall–Kier alpha value is -0.610. The van der Waals surface area contributed by atoms with Crippen LogP contribution in [0.2, 0.25) is 0 Å². The smallest absolute Gasteiger partial charge is 0.308 e. The number of carbonyl (C=O) groups is 1. The molecule has 116 valence electrons. The number of nitrogens with zero attached hydrogens (tertiary/aromatic N) is 2. The molecule has 1 heterocycles. The average Bonchev–Trinajstić information content (AvgIpc) is 2.83. The molecular formula is C16H30N2O2. The predicted molar refractivity (Wildman–Crippen MR) is 80.8 cm³/mol. The maximum atomic E-state index is 11.5. The van der Waals surface area contributed by atoms with Crippen molar-refractivity contribution in [3.05, 3.63) is 0 Å². The van der Waals surface area contributed by atoms with Crippen molar-refractivity contribution >= 4 is 5.97 Å². The van der Waals surface area contributed by atoms with Crippen LogP contribution in [0, 0.1) is 17.8 Å². The molecule has 2 aliphatic rings. The van der Waals surface area contributed by atoms with Crippen LogP contribution in [0.25, 0.3) is 0 Å². The van der Waals surface area contributed by atoms with Crippen LogP contribution in [0.1, 0.15) is 39.0 Å². The summed E-state index contributed by atoms with van der Waals surface area (Å²) >= 11 is 0. The second-order valence-corrected chi connectivity index (χ2v) is 6.96. The molecule has 4 unspecified atom stereocenters. The van der Waals surface area contributed by atoms with Crippen LogP contribution >= 0.6 is 0 Å². The lowest BCUT2D eigenvalue weighted by Gasteiger charge is -2.40. The Morgan fingerprint density at radius 1 is 1.30 bits per heavy atom. The second kappa shape index (κ2) is 6.90. The highest BCUT2D eigenvalue weighted by Crippen LogP contribution is 2.34. The second-order valence-electron chi connectivity index (χ2n) is 6.96. The molecule has 0 bridgehead atoms. The van der Waals surface area contributed by atoms with E-state index in [4.69, 9.17) is 0 Å². The first-order chi connectivity index (χ1) is 9.51. The monoisotopic (exact) mass is 282 g/mol. The van der Waals surface area contributed by atoms with Crippen LogP contribution in [-0.4, -0.2) is 60.6 Å². The van der Waals surface area contributed by atoms with Crippen molar-refractivity contribution in [2.75, 3.05) is 33.7 Å². The molecule has 4 atom stereocenters. The van der Waals surface area contributed by atoms with Crippen LogP contribution in [-0.2, 0) is 4.79 Å². The molecule has 1 N–H and O–H groups in total. The summed E-state index contributed by atoms with van der Waals surface area (Å²) in [5, 5.41) is 9.48. The number of aliphatic carboxylic acids is 1. The fourth-order valence-corrected chi connectivity index (χ4v) is 4.10. The van der Waals surface area contributed by atoms with Crippen LogP contribution in [0.3, 0.4) is 0 Å². The van der Waals surface area contributed by atoms with Crippen LogP contribution < -0.4 is 0 Å². The van der Waals surface area contributed by atoms with Crippen LogP contribution in [0.4, 0.5) is 0 Å². The highest BCUT2D eigenvalue weighted by Gasteiger charge is 2.37. The van der Waals surface area contributed by atoms with Gasteiger partial charge >= 0.3 is 5.97 Å². The Bertz CT molecular complexity index is 334. The fourth-order valence-electron chi connectivity index (χ4n) is 4.10. The molecule has 1 aliphatic carbocycles. The largest absolute Gasteiger partial charge is 0.481 e. The van der Waals surface area contributed by atoms with E-state index in [1.54, 1.807) is 0 Å². The highest BCUT2D eigenvalue weighted by molar-refractivity contribution is 5.71. The van der Waals surface area contributed by atoms with Gasteiger partial charge in [-0.1, -0.05) is 13.3 Å². The van der Waals surface area contributed by atoms with Gasteiger partial charge in [0.25, 0.3) is 0 Å². The third-order valence-corrected chi connectivity index (χ3v) is 5.42. The molecule has 4 heteroatoms. The van der Waals surface area contributed by atoms with E-state index in [-0.39, 0.29) is 12.0 Å². The Kier molecular flexibility index (Phi) is 5.44. The topological polar surface area (TPSA) is 43.8 Å². The molecule has 0 aromatic heterocycles. The van der Waals surface area contributed by atoms with Gasteiger partial charge in [-0.25, -0.2) is 0 Å². The van der Waals surface area contributed by atoms with E-state index in [0.29, 0.717) is 11.8 Å². The zero-order valence-electron chi connectivity index (χ0n) is 13.2. The van der Waals surface area contributed by atoms with Crippen molar-refractivity contribution in [2.24, 2.45) is 17.8 Å². The Balaban J connectivity index is 1.95. The summed E-state index contributed by atoms with van der Waals surface area (Å²) in [5.41, 5.74) is 0. The third kappa shape index (κ3) is 3.73. The van der Waals surface area contributed by atoms with E-state index in [2.05, 4.69) is 30.8 Å². The van der Waals surface area contributed by atoms with Crippen molar-refractivity contribution in [3.63, 3.8) is 0 Å². The van der Waals surface area contributed by atoms with Crippen molar-refractivity contribution in [1.29, 1.82) is 0 Å². The molecular weight excluding hydrogens is 252 g/mol. The van der Waals surface area contributed by atoms with Crippen molar-refractivity contribution in [3.8, 4) is 0 Å². The molecule has 0 aromatic rings. The summed E-state index contributed by atoms with van der Waals surface area (Å²) in [5.74, 6) is 0.660. The summed E-state index contributed by atoms with van der Waals surface area (Å²) in [6, 6.07) is 0.233. The summed E-state index contributed by atoms with van der Waals surface area (Å²) in [6.07, 6.45) is 5.44. The Morgan fingerprint density at radius 3 is 2.60 bits per heavy atom. The van der Waals surface area contributed by atoms with Gasteiger partial charge in [0.1, 0.15) is 0 Å². The molecule has 0 spiro atoms. The zero-order chi connectivity index (χ0) is 14.7. The molecule has 2 fully saturated rings. The first-order valence-corrected chi connectivity index (χ1v) is 8.12. The van der Waals surface area contributed by atoms with E-state index in [0.717, 1.165) is 32.4 Å². The molecule has 1 aliphatic heterocycles. The molecule has 0 aromatic carbocycles. The summed E-state index contributed by atoms with van der Waals surface area (Å²) < 4.78 is 0. The molecule has 1 saturated heterocycles. The molecule has 0 amide bonds. The SMILES string of the molecule is CCC1CCC(C(=O)O)C(N(C)CC2CCN(C)C2)C1. The predicted octanol–water partition coefficient (Wildman–Crippen LogP) is 2.15. The number of carboxylic acids is 1. The minimum Gasteiger partial charge on any atom is -0.481 e. The van der Waals surface area contributed by atoms with Gasteiger partial charge in [-0.2, -0.15) is 0 Å². The number of hydrogen-bond acceptors (Lipinski definition) is 3. The van der Waals surface area contributed by atoms with Crippen molar-refractivity contribution < 1.29 is 9.90 Å². The van der Waals surface area contributed by atoms with Gasteiger partial charge in [0, 0.05) is 19.1 Å². The lowest BCUT2D eigenvalue weighted by Crippen LogP contribution is -2.47. The fraction of sp³-hybridized carbons (Fsp3) is 0.938. The number of hydrogen-bond donors (Lipinski definition) is 1. The molecule has 1 saturated carbocycles. The van der Waals surface area contributed by atoms with E-state index in [9.17, 15) is 9.90 Å². The van der Waals surface area contributed by atoms with Gasteiger partial charge in [-0.05, 0) is 58.2 Å². The van der Waals surface area contributed by atoms with E-state index < -0.39 is 5.97 Å². The van der Waals surface area contributed by atoms with Crippen LogP contribution in [0.15, 0.2) is 0 Å². The highest BCUT2D eigenvalue weighted by atomic mass is 16.4. The Morgan fingerprint density at radius 2 is 2.05 bits per heavy atom. The van der Waals surface area contributed by atoms with E-state index in [1.165, 1.54) is 19.4 Å². The van der Waals surface area contributed by atoms with Gasteiger partial charge in [-0.15, -0.1) is 0 Å². The summed E-state index contributed by atoms with van der Waals surface area (Å²) in [7, 11) is 4.31. The first kappa shape index (κ1) is 15.8. The number of carboxylic acid groups (broad SMARTS) is 1. The van der Waals surface area contributed by atoms with Gasteiger partial charge < -0.3 is 14.9 Å². The third-order valence-electron chi connectivity index (χ3n) is 5.42. The van der Waals surface area contributed by atoms with E-state index >= 15 is 0 Å². The standard InChI is InChI=1S/C16H30N2O2/c1-4-12-5-6-14(16(19)20)15(9-12)18(3)11-13-7-8-17(2)10-13/h12-15H,4-11H2,1-3H3,(H,19,20). The number of likely N-dealkylation sites (tertiary alicyclic amines) is 1. The maximum Gasteiger partial charge on any atom is 0.308 e. The zero-order valence-corrected chi connectivity index (χ0v) is 13.2. The van der Waals surface area contributed by atoms with Crippen LogP contribution in [0.5, 0.6) is 0 Å². The van der Waals surface area contributed by atoms with Gasteiger partial charge in [0.15, 0.2) is 0 Å². The minimum atomic E-state index is -0.597. The normalized spacial score (nSPS) is 35.6. The van der Waals surface area contributed by atoms with Crippen molar-refractivity contribution in [1.82, 2.24) is 9.80 Å². The van der Waals surface area contributed by atoms with E-state index in [1.807, 2.05) is 0 Å². The maximum absolute atomic E-state index is 11.5. The Labute approximate surface area is 123 Å². The lowest BCUT2D eigenvalue weighted by molar-refractivity contribution is -0.146. The minimum absolute atomic E-state index is 0.165. The first-order valence-electron chi connectivity index (χ1n) is 8.12. The van der Waals surface area contributed by atoms with Gasteiger partial charge in [0.2, 0.25) is 0 Å². The van der Waals surface area contributed by atoms with Gasteiger partial charge in [-0.3, -0.25) is 4.79 Å². The molecule has 0 radical (unpaired) electrons. The molecule has 2 rings (SSSR count). The van der Waals surface area contributed by atoms with Gasteiger partial charge in [0.05, 0.1) is 5.92 Å². The molecule has 4 nitrogen and oxygen atoms in total. The quantitative estimate of drug-likeness (QED) is 0.839. The lowest BCUT2D eigenvalue weighted by atomic mass is 9.76. The average molecular weight is 282 g/mol.